The Morgan fingerprint density at radius 3 is 2.95 bits per heavy atom. The highest BCUT2D eigenvalue weighted by atomic mass is 16.5. The second-order valence-electron chi connectivity index (χ2n) is 4.06. The van der Waals surface area contributed by atoms with Gasteiger partial charge in [0.25, 0.3) is 0 Å². The molecule has 0 aliphatic carbocycles. The van der Waals surface area contributed by atoms with Crippen LogP contribution >= 0.6 is 0 Å². The van der Waals surface area contributed by atoms with E-state index in [9.17, 15) is 0 Å². The van der Waals surface area contributed by atoms with E-state index in [0.29, 0.717) is 18.2 Å². The van der Waals surface area contributed by atoms with Gasteiger partial charge in [0.15, 0.2) is 11.6 Å². The molecule has 5 heteroatoms. The quantitative estimate of drug-likeness (QED) is 0.778. The molecule has 0 saturated heterocycles. The van der Waals surface area contributed by atoms with Gasteiger partial charge in [0.05, 0.1) is 6.61 Å². The first-order chi connectivity index (χ1) is 9.29. The number of hydrogen-bond donors (Lipinski definition) is 1. The smallest absolute Gasteiger partial charge is 0.169 e. The van der Waals surface area contributed by atoms with Gasteiger partial charge in [0.2, 0.25) is 0 Å². The zero-order valence-corrected chi connectivity index (χ0v) is 10.5. The van der Waals surface area contributed by atoms with E-state index < -0.39 is 0 Å². The maximum Gasteiger partial charge on any atom is 0.169 e. The highest BCUT2D eigenvalue weighted by molar-refractivity contribution is 5.96. The fourth-order valence-corrected chi connectivity index (χ4v) is 2.05. The van der Waals surface area contributed by atoms with E-state index in [4.69, 9.17) is 15.0 Å². The van der Waals surface area contributed by atoms with E-state index in [0.717, 1.165) is 22.2 Å². The number of nitrogen functional groups attached to an aromatic ring is 1. The van der Waals surface area contributed by atoms with Crippen LogP contribution in [-0.4, -0.2) is 16.7 Å². The summed E-state index contributed by atoms with van der Waals surface area (Å²) in [6, 6.07) is 9.35. The lowest BCUT2D eigenvalue weighted by Gasteiger charge is -2.08. The van der Waals surface area contributed by atoms with Gasteiger partial charge in [-0.15, -0.1) is 0 Å². The van der Waals surface area contributed by atoms with Crippen LogP contribution in [-0.2, 0) is 0 Å². The molecule has 3 rings (SSSR count). The van der Waals surface area contributed by atoms with Gasteiger partial charge in [-0.25, -0.2) is 0 Å². The number of nitrogens with two attached hydrogens (primary N) is 1. The third kappa shape index (κ3) is 1.99. The number of anilines is 1. The summed E-state index contributed by atoms with van der Waals surface area (Å²) in [5.41, 5.74) is 7.29. The predicted molar refractivity (Wildman–Crippen MR) is 72.8 cm³/mol. The summed E-state index contributed by atoms with van der Waals surface area (Å²) < 4.78 is 10.8. The first-order valence-corrected chi connectivity index (χ1v) is 6.02. The van der Waals surface area contributed by atoms with Crippen molar-refractivity contribution in [2.24, 2.45) is 0 Å². The van der Waals surface area contributed by atoms with Gasteiger partial charge in [-0.05, 0) is 25.1 Å². The molecule has 2 N–H and O–H groups in total. The summed E-state index contributed by atoms with van der Waals surface area (Å²) in [4.78, 5) is 4.37. The molecular formula is C14H13N3O2. The van der Waals surface area contributed by atoms with Crippen LogP contribution in [0.2, 0.25) is 0 Å². The third-order valence-electron chi connectivity index (χ3n) is 2.83. The van der Waals surface area contributed by atoms with Gasteiger partial charge in [0.1, 0.15) is 11.3 Å². The van der Waals surface area contributed by atoms with Crippen molar-refractivity contribution in [2.45, 2.75) is 6.92 Å². The van der Waals surface area contributed by atoms with Gasteiger partial charge in [0, 0.05) is 23.2 Å². The molecule has 5 nitrogen and oxygen atoms in total. The molecule has 0 saturated carbocycles. The molecule has 0 amide bonds. The highest BCUT2D eigenvalue weighted by Crippen LogP contribution is 2.33. The minimum absolute atomic E-state index is 0.362. The summed E-state index contributed by atoms with van der Waals surface area (Å²) >= 11 is 0. The van der Waals surface area contributed by atoms with E-state index in [1.165, 1.54) is 0 Å². The van der Waals surface area contributed by atoms with Crippen LogP contribution in [0.1, 0.15) is 6.92 Å². The van der Waals surface area contributed by atoms with Gasteiger partial charge >= 0.3 is 0 Å². The number of benzene rings is 1. The Labute approximate surface area is 110 Å². The Hall–Kier alpha value is -2.56. The Morgan fingerprint density at radius 1 is 1.32 bits per heavy atom. The lowest BCUT2D eigenvalue weighted by Crippen LogP contribution is -1.94. The number of pyridine rings is 1. The number of rotatable bonds is 3. The van der Waals surface area contributed by atoms with Crippen LogP contribution in [0.4, 0.5) is 5.82 Å². The molecule has 96 valence electrons. The van der Waals surface area contributed by atoms with Crippen molar-refractivity contribution in [3.05, 3.63) is 36.5 Å². The molecular weight excluding hydrogens is 242 g/mol. The molecule has 0 unspecified atom stereocenters. The van der Waals surface area contributed by atoms with Crippen molar-refractivity contribution in [1.82, 2.24) is 10.1 Å². The number of aromatic nitrogens is 2. The van der Waals surface area contributed by atoms with Crippen molar-refractivity contribution >= 4 is 16.7 Å². The van der Waals surface area contributed by atoms with E-state index in [-0.39, 0.29) is 0 Å². The largest absolute Gasteiger partial charge is 0.492 e. The summed E-state index contributed by atoms with van der Waals surface area (Å²) in [7, 11) is 0. The molecule has 0 atom stereocenters. The zero-order chi connectivity index (χ0) is 13.2. The van der Waals surface area contributed by atoms with Crippen LogP contribution in [0.15, 0.2) is 41.1 Å². The van der Waals surface area contributed by atoms with Crippen molar-refractivity contribution in [1.29, 1.82) is 0 Å². The molecule has 19 heavy (non-hydrogen) atoms. The Morgan fingerprint density at radius 2 is 2.21 bits per heavy atom. The zero-order valence-electron chi connectivity index (χ0n) is 10.5. The molecule has 0 radical (unpaired) electrons. The van der Waals surface area contributed by atoms with E-state index in [1.807, 2.05) is 31.2 Å². The van der Waals surface area contributed by atoms with Crippen LogP contribution in [0.3, 0.4) is 0 Å². The van der Waals surface area contributed by atoms with Crippen LogP contribution in [0, 0.1) is 0 Å². The Bertz CT molecular complexity index is 722. The van der Waals surface area contributed by atoms with Gasteiger partial charge < -0.3 is 15.0 Å². The van der Waals surface area contributed by atoms with Gasteiger partial charge in [-0.3, -0.25) is 4.98 Å². The van der Waals surface area contributed by atoms with E-state index in [2.05, 4.69) is 10.1 Å². The molecule has 0 aliphatic rings. The summed E-state index contributed by atoms with van der Waals surface area (Å²) in [5.74, 6) is 1.74. The first-order valence-electron chi connectivity index (χ1n) is 6.02. The maximum atomic E-state index is 5.59. The molecule has 3 aromatic rings. The monoisotopic (exact) mass is 255 g/mol. The van der Waals surface area contributed by atoms with Crippen molar-refractivity contribution in [2.75, 3.05) is 12.3 Å². The second-order valence-corrected chi connectivity index (χ2v) is 4.06. The van der Waals surface area contributed by atoms with Crippen LogP contribution in [0.5, 0.6) is 5.75 Å². The SMILES string of the molecule is CCOc1ccc(-c2cc(N)no2)c2cccnc12. The highest BCUT2D eigenvalue weighted by Gasteiger charge is 2.12. The lowest BCUT2D eigenvalue weighted by molar-refractivity contribution is 0.343. The molecule has 2 heterocycles. The minimum atomic E-state index is 0.362. The average Bonchev–Trinajstić information content (AvgIpc) is 2.86. The molecule has 2 aromatic heterocycles. The van der Waals surface area contributed by atoms with Crippen molar-refractivity contribution in [3.8, 4) is 17.1 Å². The molecule has 1 aromatic carbocycles. The van der Waals surface area contributed by atoms with Crippen LogP contribution in [0.25, 0.3) is 22.2 Å². The van der Waals surface area contributed by atoms with Gasteiger partial charge in [-0.2, -0.15) is 0 Å². The summed E-state index contributed by atoms with van der Waals surface area (Å²) in [6.45, 7) is 2.54. The molecule has 0 fully saturated rings. The predicted octanol–water partition coefficient (Wildman–Crippen LogP) is 2.87. The lowest BCUT2D eigenvalue weighted by atomic mass is 10.1. The summed E-state index contributed by atoms with van der Waals surface area (Å²) in [6.07, 6.45) is 1.74. The Kier molecular flexibility index (Phi) is 2.79. The van der Waals surface area contributed by atoms with Gasteiger partial charge in [-0.1, -0.05) is 11.2 Å². The standard InChI is InChI=1S/C14H13N3O2/c1-2-18-11-6-5-9(12-8-13(15)17-19-12)10-4-3-7-16-14(10)11/h3-8H,2H2,1H3,(H2,15,17). The van der Waals surface area contributed by atoms with E-state index in [1.54, 1.807) is 12.3 Å². The minimum Gasteiger partial charge on any atom is -0.492 e. The first kappa shape index (κ1) is 11.5. The molecule has 0 bridgehead atoms. The fourth-order valence-electron chi connectivity index (χ4n) is 2.05. The van der Waals surface area contributed by atoms with Crippen molar-refractivity contribution < 1.29 is 9.26 Å². The normalized spacial score (nSPS) is 10.8. The van der Waals surface area contributed by atoms with Crippen molar-refractivity contribution in [3.63, 3.8) is 0 Å². The second kappa shape index (κ2) is 4.61. The number of nitrogens with zero attached hydrogens (tertiary/aromatic N) is 2. The number of hydrogen-bond acceptors (Lipinski definition) is 5. The summed E-state index contributed by atoms with van der Waals surface area (Å²) in [5, 5.41) is 4.66. The Balaban J connectivity index is 2.24. The van der Waals surface area contributed by atoms with Crippen LogP contribution < -0.4 is 10.5 Å². The van der Waals surface area contributed by atoms with E-state index >= 15 is 0 Å². The molecule has 0 spiro atoms. The number of fused-ring (bicyclic) bond motifs is 1. The topological polar surface area (TPSA) is 74.2 Å². The molecule has 0 aliphatic heterocycles. The number of ether oxygens (including phenoxy) is 1. The third-order valence-corrected chi connectivity index (χ3v) is 2.83. The maximum absolute atomic E-state index is 5.59. The fraction of sp³-hybridized carbons (Fsp3) is 0.143. The average molecular weight is 255 g/mol.